The van der Waals surface area contributed by atoms with Crippen molar-refractivity contribution in [1.29, 1.82) is 10.8 Å². The molecule has 0 unspecified atom stereocenters. The molecule has 0 bridgehead atoms. The Morgan fingerprint density at radius 3 is 2.62 bits per heavy atom. The number of hydrogen-bond acceptors (Lipinski definition) is 7. The van der Waals surface area contributed by atoms with Gasteiger partial charge < -0.3 is 9.64 Å². The van der Waals surface area contributed by atoms with E-state index in [1.807, 2.05) is 43.8 Å². The normalized spacial score (nSPS) is 14.6. The number of hydrogen-bond donors (Lipinski definition) is 2. The molecular formula is C25H27N7OS. The Morgan fingerprint density at radius 1 is 1.06 bits per heavy atom. The second kappa shape index (κ2) is 9.44. The van der Waals surface area contributed by atoms with Crippen LogP contribution in [0.15, 0.2) is 66.1 Å². The molecule has 1 saturated heterocycles. The van der Waals surface area contributed by atoms with Crippen LogP contribution in [0.3, 0.4) is 0 Å². The number of nitrogens with zero attached hydrogens (tertiary/aromatic N) is 5. The third-order valence-corrected chi connectivity index (χ3v) is 7.08. The summed E-state index contributed by atoms with van der Waals surface area (Å²) in [7, 11) is 3.65. The first-order valence-electron chi connectivity index (χ1n) is 11.2. The van der Waals surface area contributed by atoms with Gasteiger partial charge in [0, 0.05) is 61.0 Å². The van der Waals surface area contributed by atoms with Gasteiger partial charge in [-0.1, -0.05) is 11.8 Å². The highest BCUT2D eigenvalue weighted by Gasteiger charge is 2.19. The van der Waals surface area contributed by atoms with E-state index in [1.165, 1.54) is 11.8 Å². The zero-order valence-corrected chi connectivity index (χ0v) is 20.0. The van der Waals surface area contributed by atoms with E-state index in [2.05, 4.69) is 27.1 Å². The molecule has 5 rings (SSSR count). The zero-order chi connectivity index (χ0) is 23.7. The second-order valence-corrected chi connectivity index (χ2v) is 9.52. The Morgan fingerprint density at radius 2 is 1.88 bits per heavy atom. The minimum Gasteiger partial charge on any atom is -0.381 e. The number of nitrogens with one attached hydrogen (secondary N) is 2. The standard InChI is InChI=1S/C25H27N7OS/c1-30-15-19(13-29-30)17-3-6-24(26)32(16-17)25(27)34-22-4-5-23-18(12-22)11-20(14-28-23)31-9-7-21(33-2)8-10-31/h3-6,11-16,21,26-27H,7-10H2,1-2H3. The van der Waals surface area contributed by atoms with E-state index in [1.54, 1.807) is 28.6 Å². The van der Waals surface area contributed by atoms with E-state index in [-0.39, 0.29) is 10.7 Å². The summed E-state index contributed by atoms with van der Waals surface area (Å²) in [6, 6.07) is 11.8. The molecule has 0 saturated carbocycles. The van der Waals surface area contributed by atoms with E-state index in [0.717, 1.165) is 58.5 Å². The lowest BCUT2D eigenvalue weighted by molar-refractivity contribution is 0.0819. The molecule has 1 aromatic carbocycles. The quantitative estimate of drug-likeness (QED) is 0.264. The Kier molecular flexibility index (Phi) is 6.21. The van der Waals surface area contributed by atoms with Gasteiger partial charge in [0.25, 0.3) is 0 Å². The molecule has 1 aliphatic rings. The number of thioether (sulfide) groups is 1. The molecule has 8 nitrogen and oxygen atoms in total. The fourth-order valence-electron chi connectivity index (χ4n) is 4.25. The van der Waals surface area contributed by atoms with Crippen LogP contribution in [-0.4, -0.2) is 50.8 Å². The monoisotopic (exact) mass is 473 g/mol. The van der Waals surface area contributed by atoms with Crippen molar-refractivity contribution >= 4 is 33.5 Å². The Hall–Kier alpha value is -3.43. The number of aryl methyl sites for hydroxylation is 1. The summed E-state index contributed by atoms with van der Waals surface area (Å²) in [4.78, 5) is 7.95. The number of methoxy groups -OCH3 is 1. The predicted molar refractivity (Wildman–Crippen MR) is 135 cm³/mol. The minimum absolute atomic E-state index is 0.259. The maximum absolute atomic E-state index is 8.67. The highest BCUT2D eigenvalue weighted by Crippen LogP contribution is 2.28. The molecule has 3 aromatic heterocycles. The minimum atomic E-state index is 0.259. The van der Waals surface area contributed by atoms with Gasteiger partial charge in [-0.05, 0) is 49.2 Å². The van der Waals surface area contributed by atoms with Crippen molar-refractivity contribution < 1.29 is 4.74 Å². The summed E-state index contributed by atoms with van der Waals surface area (Å²) >= 11 is 1.33. The highest BCUT2D eigenvalue weighted by molar-refractivity contribution is 8.13. The molecule has 9 heteroatoms. The average molecular weight is 474 g/mol. The van der Waals surface area contributed by atoms with E-state index < -0.39 is 0 Å². The molecule has 0 atom stereocenters. The van der Waals surface area contributed by atoms with Crippen LogP contribution in [0.1, 0.15) is 12.8 Å². The van der Waals surface area contributed by atoms with Gasteiger partial charge in [0.15, 0.2) is 5.17 Å². The van der Waals surface area contributed by atoms with E-state index in [4.69, 9.17) is 15.6 Å². The summed E-state index contributed by atoms with van der Waals surface area (Å²) in [5, 5.41) is 22.5. The maximum atomic E-state index is 8.67. The van der Waals surface area contributed by atoms with Gasteiger partial charge >= 0.3 is 0 Å². The van der Waals surface area contributed by atoms with Crippen LogP contribution in [-0.2, 0) is 11.8 Å². The van der Waals surface area contributed by atoms with Crippen LogP contribution in [0.5, 0.6) is 0 Å². The van der Waals surface area contributed by atoms with Crippen molar-refractivity contribution in [2.45, 2.75) is 23.8 Å². The SMILES string of the molecule is COC1CCN(c2cnc3ccc(SC(=N)n4cc(-c5cnn(C)c5)ccc4=N)cc3c2)CC1. The molecular weight excluding hydrogens is 446 g/mol. The lowest BCUT2D eigenvalue weighted by Crippen LogP contribution is -2.36. The summed E-state index contributed by atoms with van der Waals surface area (Å²) in [6.07, 6.45) is 9.85. The molecule has 1 fully saturated rings. The predicted octanol–water partition coefficient (Wildman–Crippen LogP) is 4.11. The van der Waals surface area contributed by atoms with Crippen molar-refractivity contribution in [3.63, 3.8) is 0 Å². The fraction of sp³-hybridized carbons (Fsp3) is 0.280. The second-order valence-electron chi connectivity index (χ2n) is 8.45. The molecule has 174 valence electrons. The molecule has 0 aliphatic carbocycles. The third kappa shape index (κ3) is 4.62. The van der Waals surface area contributed by atoms with Gasteiger partial charge in [0.05, 0.1) is 29.7 Å². The average Bonchev–Trinajstić information content (AvgIpc) is 3.30. The molecule has 2 N–H and O–H groups in total. The number of pyridine rings is 2. The summed E-state index contributed by atoms with van der Waals surface area (Å²) in [5.74, 6) is 0. The highest BCUT2D eigenvalue weighted by atomic mass is 32.2. The van der Waals surface area contributed by atoms with Crippen LogP contribution < -0.4 is 10.4 Å². The number of fused-ring (bicyclic) bond motifs is 1. The summed E-state index contributed by atoms with van der Waals surface area (Å²) < 4.78 is 8.82. The van der Waals surface area contributed by atoms with Crippen molar-refractivity contribution in [1.82, 2.24) is 19.3 Å². The Bertz CT molecular complexity index is 1400. The molecule has 4 heterocycles. The van der Waals surface area contributed by atoms with Crippen LogP contribution in [0.4, 0.5) is 5.69 Å². The third-order valence-electron chi connectivity index (χ3n) is 6.20. The molecule has 0 spiro atoms. The van der Waals surface area contributed by atoms with Gasteiger partial charge in [-0.15, -0.1) is 0 Å². The van der Waals surface area contributed by atoms with Crippen LogP contribution >= 0.6 is 11.8 Å². The maximum Gasteiger partial charge on any atom is 0.171 e. The fourth-order valence-corrected chi connectivity index (χ4v) is 5.05. The lowest BCUT2D eigenvalue weighted by atomic mass is 10.1. The summed E-state index contributed by atoms with van der Waals surface area (Å²) in [5.41, 5.74) is 4.17. The zero-order valence-electron chi connectivity index (χ0n) is 19.2. The lowest BCUT2D eigenvalue weighted by Gasteiger charge is -2.32. The van der Waals surface area contributed by atoms with Crippen LogP contribution in [0, 0.1) is 10.8 Å². The van der Waals surface area contributed by atoms with Crippen LogP contribution in [0.2, 0.25) is 0 Å². The van der Waals surface area contributed by atoms with Gasteiger partial charge in [0.2, 0.25) is 0 Å². The topological polar surface area (TPSA) is 95.8 Å². The Balaban J connectivity index is 1.37. The van der Waals surface area contributed by atoms with Crippen molar-refractivity contribution in [3.05, 3.63) is 66.7 Å². The van der Waals surface area contributed by atoms with Crippen LogP contribution in [0.25, 0.3) is 22.0 Å². The smallest absolute Gasteiger partial charge is 0.171 e. The van der Waals surface area contributed by atoms with Gasteiger partial charge in [-0.25, -0.2) is 0 Å². The number of rotatable bonds is 4. The number of benzene rings is 1. The number of aromatic nitrogens is 4. The molecule has 4 aromatic rings. The first kappa shape index (κ1) is 22.4. The molecule has 1 aliphatic heterocycles. The van der Waals surface area contributed by atoms with Crippen molar-refractivity contribution in [2.75, 3.05) is 25.1 Å². The van der Waals surface area contributed by atoms with Gasteiger partial charge in [-0.2, -0.15) is 5.10 Å². The summed E-state index contributed by atoms with van der Waals surface area (Å²) in [6.45, 7) is 1.92. The first-order valence-corrected chi connectivity index (χ1v) is 12.0. The first-order chi connectivity index (χ1) is 16.5. The largest absolute Gasteiger partial charge is 0.381 e. The molecule has 34 heavy (non-hydrogen) atoms. The van der Waals surface area contributed by atoms with Crippen molar-refractivity contribution in [2.24, 2.45) is 7.05 Å². The number of ether oxygens (including phenoxy) is 1. The molecule has 0 amide bonds. The van der Waals surface area contributed by atoms with Crippen molar-refractivity contribution in [3.8, 4) is 11.1 Å². The van der Waals surface area contributed by atoms with E-state index in [0.29, 0.717) is 6.10 Å². The van der Waals surface area contributed by atoms with E-state index >= 15 is 0 Å². The Labute approximate surface area is 202 Å². The number of piperidine rings is 1. The molecule has 0 radical (unpaired) electrons. The van der Waals surface area contributed by atoms with Gasteiger partial charge in [0.1, 0.15) is 5.49 Å². The number of anilines is 1. The van der Waals surface area contributed by atoms with Gasteiger partial charge in [-0.3, -0.25) is 25.1 Å². The van der Waals surface area contributed by atoms with E-state index in [9.17, 15) is 0 Å².